The van der Waals surface area contributed by atoms with Crippen molar-refractivity contribution in [1.29, 1.82) is 0 Å². The second-order valence-corrected chi connectivity index (χ2v) is 7.24. The van der Waals surface area contributed by atoms with Crippen LogP contribution in [0.1, 0.15) is 26.5 Å². The summed E-state index contributed by atoms with van der Waals surface area (Å²) >= 11 is 2.99. The van der Waals surface area contributed by atoms with E-state index in [-0.39, 0.29) is 11.3 Å². The number of aromatic nitrogens is 3. The standard InChI is InChI=1S/C13H16N4OS2/c1-13(2,3)9-7-19-12(16-9)20-8-10(18)17-11-14-5-4-6-15-11/h4-7H,8H2,1-3H3,(H,14,15,17,18). The lowest BCUT2D eigenvalue weighted by Gasteiger charge is -2.14. The number of amides is 1. The van der Waals surface area contributed by atoms with Crippen LogP contribution < -0.4 is 5.32 Å². The number of thiazole rings is 1. The Labute approximate surface area is 126 Å². The summed E-state index contributed by atoms with van der Waals surface area (Å²) in [6.45, 7) is 6.36. The summed E-state index contributed by atoms with van der Waals surface area (Å²) in [5, 5.41) is 4.69. The number of nitrogens with one attached hydrogen (secondary N) is 1. The van der Waals surface area contributed by atoms with Crippen LogP contribution in [-0.4, -0.2) is 26.6 Å². The van der Waals surface area contributed by atoms with E-state index in [1.807, 2.05) is 5.38 Å². The van der Waals surface area contributed by atoms with Crippen LogP contribution >= 0.6 is 23.1 Å². The molecule has 1 amide bonds. The summed E-state index contributed by atoms with van der Waals surface area (Å²) in [6, 6.07) is 1.70. The quantitative estimate of drug-likeness (QED) is 0.880. The monoisotopic (exact) mass is 308 g/mol. The maximum absolute atomic E-state index is 11.8. The second kappa shape index (κ2) is 6.32. The lowest BCUT2D eigenvalue weighted by atomic mass is 9.93. The first kappa shape index (κ1) is 14.9. The molecule has 2 aromatic rings. The molecule has 2 rings (SSSR count). The van der Waals surface area contributed by atoms with Gasteiger partial charge in [-0.3, -0.25) is 10.1 Å². The first-order valence-corrected chi connectivity index (χ1v) is 7.97. The molecule has 0 aromatic carbocycles. The lowest BCUT2D eigenvalue weighted by molar-refractivity contribution is -0.113. The predicted molar refractivity (Wildman–Crippen MR) is 82.2 cm³/mol. The van der Waals surface area contributed by atoms with Gasteiger partial charge in [-0.1, -0.05) is 32.5 Å². The Kier molecular flexibility index (Phi) is 4.72. The van der Waals surface area contributed by atoms with Gasteiger partial charge in [0, 0.05) is 23.2 Å². The molecule has 0 unspecified atom stereocenters. The third-order valence-electron chi connectivity index (χ3n) is 2.40. The van der Waals surface area contributed by atoms with Crippen LogP contribution in [0.25, 0.3) is 0 Å². The molecule has 0 spiro atoms. The van der Waals surface area contributed by atoms with E-state index in [1.54, 1.807) is 29.8 Å². The van der Waals surface area contributed by atoms with Gasteiger partial charge in [0.15, 0.2) is 4.34 Å². The number of hydrogen-bond acceptors (Lipinski definition) is 6. The van der Waals surface area contributed by atoms with Crippen LogP contribution in [0.2, 0.25) is 0 Å². The summed E-state index contributed by atoms with van der Waals surface area (Å²) in [6.07, 6.45) is 3.18. The first-order valence-electron chi connectivity index (χ1n) is 6.11. The van der Waals surface area contributed by atoms with Crippen molar-refractivity contribution in [2.24, 2.45) is 0 Å². The Morgan fingerprint density at radius 3 is 2.65 bits per heavy atom. The molecule has 0 radical (unpaired) electrons. The van der Waals surface area contributed by atoms with Gasteiger partial charge in [-0.05, 0) is 6.07 Å². The number of thioether (sulfide) groups is 1. The smallest absolute Gasteiger partial charge is 0.237 e. The Hall–Kier alpha value is -1.47. The van der Waals surface area contributed by atoms with Crippen molar-refractivity contribution in [2.75, 3.05) is 11.1 Å². The number of carbonyl (C=O) groups excluding carboxylic acids is 1. The highest BCUT2D eigenvalue weighted by molar-refractivity contribution is 8.01. The highest BCUT2D eigenvalue weighted by atomic mass is 32.2. The van der Waals surface area contributed by atoms with Crippen LogP contribution in [-0.2, 0) is 10.2 Å². The fourth-order valence-electron chi connectivity index (χ4n) is 1.32. The Balaban J connectivity index is 1.86. The maximum atomic E-state index is 11.8. The van der Waals surface area contributed by atoms with E-state index in [0.29, 0.717) is 11.7 Å². The third-order valence-corrected chi connectivity index (χ3v) is 4.42. The Bertz CT molecular complexity index is 578. The lowest BCUT2D eigenvalue weighted by Crippen LogP contribution is -2.16. The molecular formula is C13H16N4OS2. The zero-order chi connectivity index (χ0) is 14.6. The van der Waals surface area contributed by atoms with Crippen LogP contribution in [0.3, 0.4) is 0 Å². The molecule has 2 aromatic heterocycles. The van der Waals surface area contributed by atoms with Crippen LogP contribution in [0.5, 0.6) is 0 Å². The fourth-order valence-corrected chi connectivity index (χ4v) is 3.17. The van der Waals surface area contributed by atoms with Crippen LogP contribution in [0, 0.1) is 0 Å². The second-order valence-electron chi connectivity index (χ2n) is 5.16. The van der Waals surface area contributed by atoms with Gasteiger partial charge >= 0.3 is 0 Å². The number of carbonyl (C=O) groups is 1. The van der Waals surface area contributed by atoms with Crippen molar-refractivity contribution < 1.29 is 4.79 Å². The van der Waals surface area contributed by atoms with E-state index in [2.05, 4.69) is 41.0 Å². The number of hydrogen-bond donors (Lipinski definition) is 1. The molecule has 7 heteroatoms. The summed E-state index contributed by atoms with van der Waals surface area (Å²) in [5.74, 6) is 0.497. The van der Waals surface area contributed by atoms with E-state index >= 15 is 0 Å². The average molecular weight is 308 g/mol. The van der Waals surface area contributed by atoms with Gasteiger partial charge in [0.25, 0.3) is 0 Å². The molecule has 0 aliphatic rings. The average Bonchev–Trinajstić information content (AvgIpc) is 2.86. The zero-order valence-electron chi connectivity index (χ0n) is 11.6. The van der Waals surface area contributed by atoms with Crippen molar-refractivity contribution in [1.82, 2.24) is 15.0 Å². The Morgan fingerprint density at radius 1 is 1.35 bits per heavy atom. The maximum Gasteiger partial charge on any atom is 0.237 e. The van der Waals surface area contributed by atoms with Crippen molar-refractivity contribution in [3.63, 3.8) is 0 Å². The summed E-state index contributed by atoms with van der Waals surface area (Å²) in [7, 11) is 0. The van der Waals surface area contributed by atoms with Crippen molar-refractivity contribution >= 4 is 35.0 Å². The molecule has 0 fully saturated rings. The highest BCUT2D eigenvalue weighted by Gasteiger charge is 2.18. The minimum Gasteiger partial charge on any atom is -0.294 e. The summed E-state index contributed by atoms with van der Waals surface area (Å²) in [4.78, 5) is 24.2. The molecule has 0 saturated heterocycles. The van der Waals surface area contributed by atoms with Crippen molar-refractivity contribution in [3.8, 4) is 0 Å². The molecule has 5 nitrogen and oxygen atoms in total. The number of nitrogens with zero attached hydrogens (tertiary/aromatic N) is 3. The fraction of sp³-hybridized carbons (Fsp3) is 0.385. The van der Waals surface area contributed by atoms with Gasteiger partial charge in [0.1, 0.15) is 0 Å². The summed E-state index contributed by atoms with van der Waals surface area (Å²) in [5.41, 5.74) is 1.09. The first-order chi connectivity index (χ1) is 9.45. The largest absolute Gasteiger partial charge is 0.294 e. The molecule has 0 bridgehead atoms. The third kappa shape index (κ3) is 4.28. The van der Waals surface area contributed by atoms with E-state index in [9.17, 15) is 4.79 Å². The normalized spacial score (nSPS) is 11.3. The SMILES string of the molecule is CC(C)(C)c1csc(SCC(=O)Nc2ncccn2)n1. The highest BCUT2D eigenvalue weighted by Crippen LogP contribution is 2.29. The molecule has 0 aliphatic carbocycles. The van der Waals surface area contributed by atoms with Crippen LogP contribution in [0.4, 0.5) is 5.95 Å². The predicted octanol–water partition coefficient (Wildman–Crippen LogP) is 2.96. The van der Waals surface area contributed by atoms with E-state index in [0.717, 1.165) is 10.0 Å². The molecule has 106 valence electrons. The zero-order valence-corrected chi connectivity index (χ0v) is 13.2. The van der Waals surface area contributed by atoms with Gasteiger partial charge in [0.2, 0.25) is 11.9 Å². The molecule has 20 heavy (non-hydrogen) atoms. The molecule has 0 atom stereocenters. The minimum absolute atomic E-state index is 0.0372. The van der Waals surface area contributed by atoms with Crippen molar-refractivity contribution in [2.45, 2.75) is 30.5 Å². The van der Waals surface area contributed by atoms with E-state index in [1.165, 1.54) is 11.8 Å². The van der Waals surface area contributed by atoms with E-state index < -0.39 is 0 Å². The van der Waals surface area contributed by atoms with Gasteiger partial charge in [-0.2, -0.15) is 0 Å². The molecule has 0 aliphatic heterocycles. The molecule has 2 heterocycles. The van der Waals surface area contributed by atoms with Gasteiger partial charge in [-0.15, -0.1) is 11.3 Å². The van der Waals surface area contributed by atoms with Crippen LogP contribution in [0.15, 0.2) is 28.2 Å². The molecule has 0 saturated carbocycles. The number of anilines is 1. The topological polar surface area (TPSA) is 67.8 Å². The minimum atomic E-state index is -0.131. The van der Waals surface area contributed by atoms with Gasteiger partial charge < -0.3 is 0 Å². The van der Waals surface area contributed by atoms with Gasteiger partial charge in [-0.25, -0.2) is 15.0 Å². The van der Waals surface area contributed by atoms with E-state index in [4.69, 9.17) is 0 Å². The molecular weight excluding hydrogens is 292 g/mol. The van der Waals surface area contributed by atoms with Gasteiger partial charge in [0.05, 0.1) is 11.4 Å². The molecule has 1 N–H and O–H groups in total. The summed E-state index contributed by atoms with van der Waals surface area (Å²) < 4.78 is 0.902. The Morgan fingerprint density at radius 2 is 2.05 bits per heavy atom. The van der Waals surface area contributed by atoms with Crippen molar-refractivity contribution in [3.05, 3.63) is 29.5 Å². The number of rotatable bonds is 4.